The Morgan fingerprint density at radius 3 is 2.47 bits per heavy atom. The van der Waals surface area contributed by atoms with Gasteiger partial charge in [-0.25, -0.2) is 0 Å². The molecular formula is C12H17NO2. The van der Waals surface area contributed by atoms with E-state index in [4.69, 9.17) is 0 Å². The molecule has 0 aromatic heterocycles. The highest BCUT2D eigenvalue weighted by Gasteiger charge is 2.35. The summed E-state index contributed by atoms with van der Waals surface area (Å²) in [5.74, 6) is -0.311. The minimum Gasteiger partial charge on any atom is -0.292 e. The van der Waals surface area contributed by atoms with Crippen LogP contribution in [0.5, 0.6) is 0 Å². The molecule has 0 radical (unpaired) electrons. The zero-order valence-corrected chi connectivity index (χ0v) is 9.35. The molecule has 1 aliphatic heterocycles. The summed E-state index contributed by atoms with van der Waals surface area (Å²) in [6.45, 7) is 4.34. The molecular weight excluding hydrogens is 190 g/mol. The average molecular weight is 207 g/mol. The van der Waals surface area contributed by atoms with Crippen LogP contribution in [0, 0.1) is 5.41 Å². The van der Waals surface area contributed by atoms with Gasteiger partial charge in [0.2, 0.25) is 5.91 Å². The lowest BCUT2D eigenvalue weighted by molar-refractivity contribution is -0.124. The van der Waals surface area contributed by atoms with Crippen LogP contribution < -0.4 is 5.32 Å². The third kappa shape index (κ3) is 1.83. The van der Waals surface area contributed by atoms with Gasteiger partial charge >= 0.3 is 0 Å². The van der Waals surface area contributed by atoms with E-state index in [-0.39, 0.29) is 23.7 Å². The Hall–Kier alpha value is -1.12. The highest BCUT2D eigenvalue weighted by Crippen LogP contribution is 2.42. The van der Waals surface area contributed by atoms with Crippen LogP contribution in [0.3, 0.4) is 0 Å². The monoisotopic (exact) mass is 207 g/mol. The first-order valence-electron chi connectivity index (χ1n) is 5.57. The first-order chi connectivity index (χ1) is 7.00. The summed E-state index contributed by atoms with van der Waals surface area (Å²) < 4.78 is 0. The molecule has 2 rings (SSSR count). The summed E-state index contributed by atoms with van der Waals surface area (Å²) in [6, 6.07) is 0. The molecule has 0 spiro atoms. The van der Waals surface area contributed by atoms with Gasteiger partial charge in [0.05, 0.1) is 6.42 Å². The second kappa shape index (κ2) is 3.47. The van der Waals surface area contributed by atoms with E-state index in [1.165, 1.54) is 12.0 Å². The summed E-state index contributed by atoms with van der Waals surface area (Å²) in [6.07, 6.45) is 4.75. The van der Waals surface area contributed by atoms with Crippen molar-refractivity contribution in [2.75, 3.05) is 0 Å². The van der Waals surface area contributed by atoms with Gasteiger partial charge in [-0.1, -0.05) is 25.8 Å². The summed E-state index contributed by atoms with van der Waals surface area (Å²) in [4.78, 5) is 22.7. The summed E-state index contributed by atoms with van der Waals surface area (Å²) in [5, 5.41) is 2.37. The number of rotatable bonds is 0. The quantitative estimate of drug-likeness (QED) is 0.487. The lowest BCUT2D eigenvalue weighted by Crippen LogP contribution is -2.24. The first kappa shape index (κ1) is 10.4. The van der Waals surface area contributed by atoms with Crippen molar-refractivity contribution in [1.82, 2.24) is 5.32 Å². The Balaban J connectivity index is 2.38. The topological polar surface area (TPSA) is 46.2 Å². The third-order valence-electron chi connectivity index (χ3n) is 3.52. The number of nitrogens with one attached hydrogen (secondary N) is 1. The van der Waals surface area contributed by atoms with Crippen LogP contribution in [0.2, 0.25) is 0 Å². The van der Waals surface area contributed by atoms with Crippen molar-refractivity contribution in [3.05, 3.63) is 11.1 Å². The Labute approximate surface area is 89.9 Å². The van der Waals surface area contributed by atoms with E-state index in [1.807, 2.05) is 0 Å². The van der Waals surface area contributed by atoms with Gasteiger partial charge in [-0.05, 0) is 24.7 Å². The number of carbonyl (C=O) groups excluding carboxylic acids is 2. The fourth-order valence-corrected chi connectivity index (χ4v) is 2.65. The highest BCUT2D eigenvalue weighted by molar-refractivity contribution is 6.13. The summed E-state index contributed by atoms with van der Waals surface area (Å²) in [5.41, 5.74) is 2.04. The maximum Gasteiger partial charge on any atom is 0.254 e. The fourth-order valence-electron chi connectivity index (χ4n) is 2.65. The Morgan fingerprint density at radius 2 is 1.93 bits per heavy atom. The van der Waals surface area contributed by atoms with E-state index >= 15 is 0 Å². The predicted molar refractivity (Wildman–Crippen MR) is 57.0 cm³/mol. The van der Waals surface area contributed by atoms with Crippen molar-refractivity contribution < 1.29 is 9.59 Å². The van der Waals surface area contributed by atoms with Crippen molar-refractivity contribution >= 4 is 11.8 Å². The number of carbonyl (C=O) groups is 2. The fraction of sp³-hybridized carbons (Fsp3) is 0.667. The molecule has 1 aliphatic carbocycles. The lowest BCUT2D eigenvalue weighted by Gasteiger charge is -2.34. The molecule has 0 aromatic rings. The molecule has 1 saturated carbocycles. The average Bonchev–Trinajstić information content (AvgIpc) is 2.44. The Morgan fingerprint density at radius 1 is 1.20 bits per heavy atom. The van der Waals surface area contributed by atoms with E-state index in [2.05, 4.69) is 19.2 Å². The van der Waals surface area contributed by atoms with Crippen LogP contribution in [0.4, 0.5) is 0 Å². The molecule has 2 fully saturated rings. The number of imide groups is 1. The molecule has 0 atom stereocenters. The molecule has 0 bridgehead atoms. The molecule has 2 aliphatic rings. The van der Waals surface area contributed by atoms with E-state index in [9.17, 15) is 9.59 Å². The molecule has 3 nitrogen and oxygen atoms in total. The maximum absolute atomic E-state index is 11.6. The zero-order valence-electron chi connectivity index (χ0n) is 9.35. The molecule has 1 heterocycles. The standard InChI is InChI=1S/C12H17NO2/c1-12(2)6-4-3-5-9(12)8-7-10(14)13-11(8)15/h3-7H2,1-2H3,(H,13,14,15). The van der Waals surface area contributed by atoms with Gasteiger partial charge in [-0.2, -0.15) is 0 Å². The molecule has 15 heavy (non-hydrogen) atoms. The number of allylic oxidation sites excluding steroid dienone is 1. The summed E-state index contributed by atoms with van der Waals surface area (Å²) >= 11 is 0. The second-order valence-electron chi connectivity index (χ2n) is 5.10. The van der Waals surface area contributed by atoms with Crippen LogP contribution in [0.15, 0.2) is 11.1 Å². The van der Waals surface area contributed by atoms with Crippen LogP contribution in [-0.4, -0.2) is 11.8 Å². The second-order valence-corrected chi connectivity index (χ2v) is 5.10. The largest absolute Gasteiger partial charge is 0.292 e. The predicted octanol–water partition coefficient (Wildman–Crippen LogP) is 1.93. The van der Waals surface area contributed by atoms with E-state index in [0.717, 1.165) is 24.8 Å². The minimum absolute atomic E-state index is 0.0928. The smallest absolute Gasteiger partial charge is 0.254 e. The molecule has 3 heteroatoms. The van der Waals surface area contributed by atoms with Crippen LogP contribution >= 0.6 is 0 Å². The van der Waals surface area contributed by atoms with Crippen molar-refractivity contribution in [3.8, 4) is 0 Å². The first-order valence-corrected chi connectivity index (χ1v) is 5.57. The third-order valence-corrected chi connectivity index (χ3v) is 3.52. The molecule has 1 saturated heterocycles. The van der Waals surface area contributed by atoms with E-state index < -0.39 is 0 Å². The van der Waals surface area contributed by atoms with Gasteiger partial charge in [-0.15, -0.1) is 0 Å². The van der Waals surface area contributed by atoms with Crippen molar-refractivity contribution in [2.24, 2.45) is 5.41 Å². The van der Waals surface area contributed by atoms with Gasteiger partial charge in [0.1, 0.15) is 0 Å². The molecule has 1 N–H and O–H groups in total. The van der Waals surface area contributed by atoms with Gasteiger partial charge in [-0.3, -0.25) is 14.9 Å². The number of amides is 2. The molecule has 0 unspecified atom stereocenters. The maximum atomic E-state index is 11.6. The molecule has 2 amide bonds. The number of hydrogen-bond acceptors (Lipinski definition) is 2. The summed E-state index contributed by atoms with van der Waals surface area (Å²) in [7, 11) is 0. The number of hydrogen-bond donors (Lipinski definition) is 1. The normalized spacial score (nSPS) is 30.5. The minimum atomic E-state index is -0.162. The zero-order chi connectivity index (χ0) is 11.1. The molecule has 0 aromatic carbocycles. The van der Waals surface area contributed by atoms with Gasteiger partial charge in [0.15, 0.2) is 0 Å². The van der Waals surface area contributed by atoms with Crippen LogP contribution in [-0.2, 0) is 9.59 Å². The van der Waals surface area contributed by atoms with Crippen LogP contribution in [0.25, 0.3) is 0 Å². The highest BCUT2D eigenvalue weighted by atomic mass is 16.2. The van der Waals surface area contributed by atoms with Crippen LogP contribution in [0.1, 0.15) is 46.0 Å². The Kier molecular flexibility index (Phi) is 2.41. The van der Waals surface area contributed by atoms with Gasteiger partial charge in [0, 0.05) is 5.57 Å². The van der Waals surface area contributed by atoms with Crippen molar-refractivity contribution in [1.29, 1.82) is 0 Å². The molecule has 82 valence electrons. The van der Waals surface area contributed by atoms with Crippen molar-refractivity contribution in [3.63, 3.8) is 0 Å². The SMILES string of the molecule is CC1(C)CCCCC1=C1CC(=O)NC1=O. The Bertz CT molecular complexity index is 353. The lowest BCUT2D eigenvalue weighted by atomic mass is 9.71. The van der Waals surface area contributed by atoms with Gasteiger partial charge < -0.3 is 0 Å². The van der Waals surface area contributed by atoms with E-state index in [1.54, 1.807) is 0 Å². The van der Waals surface area contributed by atoms with Crippen molar-refractivity contribution in [2.45, 2.75) is 46.0 Å². The van der Waals surface area contributed by atoms with E-state index in [0.29, 0.717) is 0 Å². The van der Waals surface area contributed by atoms with Gasteiger partial charge in [0.25, 0.3) is 5.91 Å².